The fourth-order valence-electron chi connectivity index (χ4n) is 2.61. The van der Waals surface area contributed by atoms with E-state index in [9.17, 15) is 8.42 Å². The summed E-state index contributed by atoms with van der Waals surface area (Å²) in [5, 5.41) is 0. The van der Waals surface area contributed by atoms with Gasteiger partial charge in [0.05, 0.1) is 5.75 Å². The van der Waals surface area contributed by atoms with Gasteiger partial charge in [0.15, 0.2) is 0 Å². The monoisotopic (exact) mass is 328 g/mol. The maximum atomic E-state index is 12.8. The molecule has 1 aliphatic heterocycles. The number of sulfonamides is 1. The first-order valence-corrected chi connectivity index (χ1v) is 10.0. The Morgan fingerprint density at radius 1 is 1.29 bits per heavy atom. The van der Waals surface area contributed by atoms with Crippen LogP contribution in [-0.4, -0.2) is 62.4 Å². The van der Waals surface area contributed by atoms with Crippen molar-refractivity contribution in [2.75, 3.05) is 38.7 Å². The molecule has 1 unspecified atom stereocenters. The largest absolute Gasteiger partial charge is 0.308 e. The molecule has 1 fully saturated rings. The molecule has 1 saturated heterocycles. The Morgan fingerprint density at radius 3 is 2.67 bits per heavy atom. The van der Waals surface area contributed by atoms with Crippen LogP contribution in [0.15, 0.2) is 30.3 Å². The van der Waals surface area contributed by atoms with Crippen molar-refractivity contribution in [2.45, 2.75) is 18.2 Å². The summed E-state index contributed by atoms with van der Waals surface area (Å²) in [5.74, 6) is 2.02. The van der Waals surface area contributed by atoms with E-state index in [0.29, 0.717) is 6.54 Å². The highest BCUT2D eigenvalue weighted by molar-refractivity contribution is 7.99. The van der Waals surface area contributed by atoms with Gasteiger partial charge in [-0.3, -0.25) is 0 Å². The van der Waals surface area contributed by atoms with Gasteiger partial charge in [-0.2, -0.15) is 16.1 Å². The number of nitrogens with zero attached hydrogens (tertiary/aromatic N) is 2. The molecule has 1 aromatic rings. The second-order valence-electron chi connectivity index (χ2n) is 5.70. The van der Waals surface area contributed by atoms with E-state index in [0.717, 1.165) is 30.0 Å². The Morgan fingerprint density at radius 2 is 2.00 bits per heavy atom. The topological polar surface area (TPSA) is 40.6 Å². The third-order valence-corrected chi connectivity index (χ3v) is 6.60. The van der Waals surface area contributed by atoms with Crippen molar-refractivity contribution in [1.82, 2.24) is 9.21 Å². The van der Waals surface area contributed by atoms with Crippen molar-refractivity contribution >= 4 is 21.8 Å². The predicted octanol–water partition coefficient (Wildman–Crippen LogP) is 1.89. The van der Waals surface area contributed by atoms with Crippen molar-refractivity contribution in [2.24, 2.45) is 0 Å². The molecule has 1 heterocycles. The van der Waals surface area contributed by atoms with E-state index in [1.54, 1.807) is 4.31 Å². The highest BCUT2D eigenvalue weighted by Crippen LogP contribution is 2.22. The molecule has 0 saturated carbocycles. The average molecular weight is 329 g/mol. The van der Waals surface area contributed by atoms with Crippen LogP contribution >= 0.6 is 11.8 Å². The van der Waals surface area contributed by atoms with Gasteiger partial charge in [-0.05, 0) is 31.8 Å². The van der Waals surface area contributed by atoms with Gasteiger partial charge in [0.25, 0.3) is 0 Å². The third-order valence-electron chi connectivity index (χ3n) is 3.51. The highest BCUT2D eigenvalue weighted by atomic mass is 32.2. The normalized spacial score (nSPS) is 21.4. The number of thioether (sulfide) groups is 1. The lowest BCUT2D eigenvalue weighted by Gasteiger charge is -2.30. The van der Waals surface area contributed by atoms with Crippen LogP contribution in [0.25, 0.3) is 0 Å². The van der Waals surface area contributed by atoms with Gasteiger partial charge in [-0.25, -0.2) is 8.42 Å². The van der Waals surface area contributed by atoms with Crippen molar-refractivity contribution in [1.29, 1.82) is 0 Å². The second-order valence-corrected chi connectivity index (χ2v) is 8.77. The number of rotatable bonds is 5. The molecular weight excluding hydrogens is 304 g/mol. The zero-order valence-electron chi connectivity index (χ0n) is 12.7. The smallest absolute Gasteiger partial charge is 0.218 e. The lowest BCUT2D eigenvalue weighted by Crippen LogP contribution is -2.47. The van der Waals surface area contributed by atoms with Crippen LogP contribution in [0.4, 0.5) is 0 Å². The van der Waals surface area contributed by atoms with Gasteiger partial charge in [0, 0.05) is 24.9 Å². The minimum atomic E-state index is -3.26. The van der Waals surface area contributed by atoms with Crippen molar-refractivity contribution in [3.63, 3.8) is 0 Å². The standard InChI is InChI=1S/C15H24N2O2S2/c1-16(2)11-15-12-20-10-6-9-17(15)21(18,19)13-14-7-4-3-5-8-14/h3-5,7-8,15H,6,9-13H2,1-2H3. The van der Waals surface area contributed by atoms with E-state index >= 15 is 0 Å². The van der Waals surface area contributed by atoms with E-state index in [1.807, 2.05) is 56.2 Å². The van der Waals surface area contributed by atoms with Gasteiger partial charge in [0.1, 0.15) is 0 Å². The molecular formula is C15H24N2O2S2. The Balaban J connectivity index is 2.17. The summed E-state index contributed by atoms with van der Waals surface area (Å²) < 4.78 is 27.3. The average Bonchev–Trinajstić information content (AvgIpc) is 2.64. The molecule has 118 valence electrons. The molecule has 21 heavy (non-hydrogen) atoms. The summed E-state index contributed by atoms with van der Waals surface area (Å²) >= 11 is 1.86. The van der Waals surface area contributed by atoms with Crippen LogP contribution in [0, 0.1) is 0 Å². The zero-order valence-corrected chi connectivity index (χ0v) is 14.4. The highest BCUT2D eigenvalue weighted by Gasteiger charge is 2.31. The molecule has 2 rings (SSSR count). The summed E-state index contributed by atoms with van der Waals surface area (Å²) in [6.07, 6.45) is 0.933. The molecule has 0 radical (unpaired) electrons. The van der Waals surface area contributed by atoms with E-state index in [4.69, 9.17) is 0 Å². The van der Waals surface area contributed by atoms with Crippen LogP contribution in [-0.2, 0) is 15.8 Å². The van der Waals surface area contributed by atoms with Crippen molar-refractivity contribution in [3.05, 3.63) is 35.9 Å². The Labute approximate surface area is 132 Å². The molecule has 4 nitrogen and oxygen atoms in total. The lowest BCUT2D eigenvalue weighted by atomic mass is 10.2. The van der Waals surface area contributed by atoms with Gasteiger partial charge in [-0.15, -0.1) is 0 Å². The Bertz CT molecular complexity index is 532. The third kappa shape index (κ3) is 4.98. The molecule has 1 atom stereocenters. The molecule has 0 aromatic heterocycles. The van der Waals surface area contributed by atoms with E-state index in [-0.39, 0.29) is 11.8 Å². The van der Waals surface area contributed by atoms with Crippen LogP contribution in [0.3, 0.4) is 0 Å². The maximum Gasteiger partial charge on any atom is 0.218 e. The summed E-state index contributed by atoms with van der Waals surface area (Å²) in [5.41, 5.74) is 0.859. The van der Waals surface area contributed by atoms with Crippen LogP contribution in [0.1, 0.15) is 12.0 Å². The molecule has 0 aliphatic carbocycles. The first-order valence-electron chi connectivity index (χ1n) is 7.25. The molecule has 0 amide bonds. The molecule has 1 aromatic carbocycles. The van der Waals surface area contributed by atoms with E-state index in [1.165, 1.54) is 0 Å². The fourth-order valence-corrected chi connectivity index (χ4v) is 5.54. The molecule has 6 heteroatoms. The van der Waals surface area contributed by atoms with Gasteiger partial charge < -0.3 is 4.90 Å². The van der Waals surface area contributed by atoms with E-state index in [2.05, 4.69) is 4.90 Å². The van der Waals surface area contributed by atoms with Gasteiger partial charge in [-0.1, -0.05) is 30.3 Å². The lowest BCUT2D eigenvalue weighted by molar-refractivity contribution is 0.271. The quantitative estimate of drug-likeness (QED) is 0.827. The molecule has 0 spiro atoms. The van der Waals surface area contributed by atoms with Crippen LogP contribution in [0.5, 0.6) is 0 Å². The van der Waals surface area contributed by atoms with Gasteiger partial charge in [0.2, 0.25) is 10.0 Å². The molecule has 0 N–H and O–H groups in total. The fraction of sp³-hybridized carbons (Fsp3) is 0.600. The second kappa shape index (κ2) is 7.63. The summed E-state index contributed by atoms with van der Waals surface area (Å²) in [6.45, 7) is 1.42. The minimum absolute atomic E-state index is 0.0706. The predicted molar refractivity (Wildman–Crippen MR) is 90.1 cm³/mol. The Hall–Kier alpha value is -0.560. The minimum Gasteiger partial charge on any atom is -0.308 e. The number of hydrogen-bond donors (Lipinski definition) is 0. The number of likely N-dealkylation sites (N-methyl/N-ethyl adjacent to an activating group) is 1. The number of hydrogen-bond acceptors (Lipinski definition) is 4. The molecule has 0 bridgehead atoms. The van der Waals surface area contributed by atoms with Crippen molar-refractivity contribution < 1.29 is 8.42 Å². The van der Waals surface area contributed by atoms with Crippen molar-refractivity contribution in [3.8, 4) is 0 Å². The summed E-state index contributed by atoms with van der Waals surface area (Å²) in [7, 11) is 0.734. The summed E-state index contributed by atoms with van der Waals surface area (Å²) in [4.78, 5) is 2.07. The Kier molecular flexibility index (Phi) is 6.10. The van der Waals surface area contributed by atoms with Crippen LogP contribution < -0.4 is 0 Å². The maximum absolute atomic E-state index is 12.8. The first-order chi connectivity index (χ1) is 9.99. The zero-order chi connectivity index (χ0) is 15.3. The molecule has 1 aliphatic rings. The number of benzene rings is 1. The van der Waals surface area contributed by atoms with Gasteiger partial charge >= 0.3 is 0 Å². The SMILES string of the molecule is CN(C)CC1CSCCCN1S(=O)(=O)Cc1ccccc1. The summed E-state index contributed by atoms with van der Waals surface area (Å²) in [6, 6.07) is 9.52. The first kappa shape index (κ1) is 16.8. The van der Waals surface area contributed by atoms with Crippen LogP contribution in [0.2, 0.25) is 0 Å². The van der Waals surface area contributed by atoms with E-state index < -0.39 is 10.0 Å².